The largest absolute Gasteiger partial charge is 0.411 e. The van der Waals surface area contributed by atoms with Gasteiger partial charge in [0, 0.05) is 37.4 Å². The molecule has 0 saturated heterocycles. The summed E-state index contributed by atoms with van der Waals surface area (Å²) in [6, 6.07) is 10.1. The van der Waals surface area contributed by atoms with Gasteiger partial charge in [0.25, 0.3) is 0 Å². The van der Waals surface area contributed by atoms with Gasteiger partial charge in [0.15, 0.2) is 5.96 Å². The van der Waals surface area contributed by atoms with E-state index in [9.17, 15) is 13.2 Å². The Balaban J connectivity index is 2.04. The second-order valence-electron chi connectivity index (χ2n) is 4.61. The van der Waals surface area contributed by atoms with Gasteiger partial charge in [-0.15, -0.1) is 11.8 Å². The van der Waals surface area contributed by atoms with Gasteiger partial charge in [0.1, 0.15) is 6.61 Å². The van der Waals surface area contributed by atoms with Crippen molar-refractivity contribution in [3.8, 4) is 0 Å². The molecule has 0 radical (unpaired) electrons. The molecule has 0 spiro atoms. The first-order chi connectivity index (χ1) is 11.0. The van der Waals surface area contributed by atoms with Crippen molar-refractivity contribution in [2.45, 2.75) is 17.5 Å². The molecular weight excluding hydrogens is 327 g/mol. The van der Waals surface area contributed by atoms with Crippen molar-refractivity contribution in [1.82, 2.24) is 10.6 Å². The van der Waals surface area contributed by atoms with Crippen LogP contribution in [0.25, 0.3) is 0 Å². The Hall–Kier alpha value is -1.41. The monoisotopic (exact) mass is 349 g/mol. The number of nitrogens with zero attached hydrogens (tertiary/aromatic N) is 1. The van der Waals surface area contributed by atoms with Gasteiger partial charge in [-0.2, -0.15) is 13.2 Å². The lowest BCUT2D eigenvalue weighted by Gasteiger charge is -2.12. The second-order valence-corrected chi connectivity index (χ2v) is 5.78. The van der Waals surface area contributed by atoms with Crippen LogP contribution in [0.15, 0.2) is 40.2 Å². The highest BCUT2D eigenvalue weighted by Crippen LogP contribution is 2.15. The average molecular weight is 349 g/mol. The number of thioether (sulfide) groups is 1. The number of hydrogen-bond donors (Lipinski definition) is 2. The van der Waals surface area contributed by atoms with Crippen molar-refractivity contribution in [2.75, 3.05) is 39.1 Å². The molecule has 2 N–H and O–H groups in total. The van der Waals surface area contributed by atoms with Gasteiger partial charge in [-0.25, -0.2) is 0 Å². The number of rotatable bonds is 9. The van der Waals surface area contributed by atoms with Gasteiger partial charge in [-0.1, -0.05) is 18.2 Å². The summed E-state index contributed by atoms with van der Waals surface area (Å²) in [5.41, 5.74) is 0. The summed E-state index contributed by atoms with van der Waals surface area (Å²) in [5.74, 6) is 1.52. The van der Waals surface area contributed by atoms with Crippen molar-refractivity contribution >= 4 is 17.7 Å². The fourth-order valence-corrected chi connectivity index (χ4v) is 2.43. The highest BCUT2D eigenvalue weighted by Gasteiger charge is 2.27. The first-order valence-electron chi connectivity index (χ1n) is 7.28. The number of hydrogen-bond acceptors (Lipinski definition) is 3. The Morgan fingerprint density at radius 1 is 1.17 bits per heavy atom. The van der Waals surface area contributed by atoms with Crippen LogP contribution in [0.3, 0.4) is 0 Å². The molecule has 4 nitrogen and oxygen atoms in total. The molecule has 0 amide bonds. The van der Waals surface area contributed by atoms with E-state index in [1.807, 2.05) is 18.2 Å². The summed E-state index contributed by atoms with van der Waals surface area (Å²) < 4.78 is 40.1. The number of halogens is 3. The quantitative estimate of drug-likeness (QED) is 0.311. The normalized spacial score (nSPS) is 12.3. The topological polar surface area (TPSA) is 45.7 Å². The minimum atomic E-state index is -4.26. The van der Waals surface area contributed by atoms with Gasteiger partial charge in [0.05, 0.1) is 0 Å². The zero-order valence-electron chi connectivity index (χ0n) is 13.0. The summed E-state index contributed by atoms with van der Waals surface area (Å²) >= 11 is 1.74. The summed E-state index contributed by atoms with van der Waals surface area (Å²) in [5, 5.41) is 6.19. The molecule has 0 heterocycles. The summed E-state index contributed by atoms with van der Waals surface area (Å²) in [4.78, 5) is 5.26. The minimum absolute atomic E-state index is 0.0629. The fourth-order valence-electron chi connectivity index (χ4n) is 1.64. The third-order valence-electron chi connectivity index (χ3n) is 2.65. The third-order valence-corrected chi connectivity index (χ3v) is 3.67. The molecule has 0 aliphatic carbocycles. The van der Waals surface area contributed by atoms with Gasteiger partial charge >= 0.3 is 6.18 Å². The summed E-state index contributed by atoms with van der Waals surface area (Å²) in [6.45, 7) is 0.108. The maximum Gasteiger partial charge on any atom is 0.411 e. The van der Waals surface area contributed by atoms with Crippen molar-refractivity contribution in [1.29, 1.82) is 0 Å². The van der Waals surface area contributed by atoms with Crippen molar-refractivity contribution in [3.63, 3.8) is 0 Å². The summed E-state index contributed by atoms with van der Waals surface area (Å²) in [7, 11) is 1.65. The fraction of sp³-hybridized carbons (Fsp3) is 0.533. The Bertz CT molecular complexity index is 455. The Morgan fingerprint density at radius 2 is 1.87 bits per heavy atom. The molecule has 130 valence electrons. The zero-order valence-corrected chi connectivity index (χ0v) is 13.8. The van der Waals surface area contributed by atoms with E-state index in [2.05, 4.69) is 32.5 Å². The van der Waals surface area contributed by atoms with Crippen LogP contribution in [0.2, 0.25) is 0 Å². The van der Waals surface area contributed by atoms with Crippen LogP contribution in [-0.4, -0.2) is 51.2 Å². The van der Waals surface area contributed by atoms with Gasteiger partial charge in [-0.3, -0.25) is 4.99 Å². The van der Waals surface area contributed by atoms with Crippen molar-refractivity contribution in [3.05, 3.63) is 30.3 Å². The van der Waals surface area contributed by atoms with Gasteiger partial charge in [-0.05, 0) is 18.6 Å². The lowest BCUT2D eigenvalue weighted by atomic mass is 10.4. The predicted octanol–water partition coefficient (Wildman–Crippen LogP) is 2.91. The molecule has 0 unspecified atom stereocenters. The van der Waals surface area contributed by atoms with Crippen LogP contribution in [0.1, 0.15) is 6.42 Å². The molecule has 1 rings (SSSR count). The first-order valence-corrected chi connectivity index (χ1v) is 8.26. The van der Waals surface area contributed by atoms with E-state index in [4.69, 9.17) is 0 Å². The molecular formula is C15H22F3N3OS. The highest BCUT2D eigenvalue weighted by atomic mass is 32.2. The molecule has 0 aromatic heterocycles. The molecule has 8 heteroatoms. The van der Waals surface area contributed by atoms with Gasteiger partial charge < -0.3 is 15.4 Å². The Kier molecular flexibility index (Phi) is 9.54. The average Bonchev–Trinajstić information content (AvgIpc) is 2.52. The molecule has 0 aliphatic rings. The predicted molar refractivity (Wildman–Crippen MR) is 88.0 cm³/mol. The third kappa shape index (κ3) is 10.9. The van der Waals surface area contributed by atoms with E-state index in [0.717, 1.165) is 12.3 Å². The highest BCUT2D eigenvalue weighted by molar-refractivity contribution is 7.99. The lowest BCUT2D eigenvalue weighted by molar-refractivity contribution is -0.173. The molecule has 23 heavy (non-hydrogen) atoms. The molecule has 0 saturated carbocycles. The van der Waals surface area contributed by atoms with E-state index in [1.165, 1.54) is 4.90 Å². The van der Waals surface area contributed by atoms with Crippen molar-refractivity contribution < 1.29 is 17.9 Å². The first kappa shape index (κ1) is 19.6. The Labute approximate surface area is 138 Å². The second kappa shape index (κ2) is 11.2. The van der Waals surface area contributed by atoms with Gasteiger partial charge in [0.2, 0.25) is 0 Å². The van der Waals surface area contributed by atoms with Crippen LogP contribution >= 0.6 is 11.8 Å². The molecule has 0 atom stereocenters. The smallest absolute Gasteiger partial charge is 0.372 e. The van der Waals surface area contributed by atoms with E-state index < -0.39 is 12.8 Å². The summed E-state index contributed by atoms with van der Waals surface area (Å²) in [6.07, 6.45) is -3.78. The molecule has 0 aliphatic heterocycles. The number of ether oxygens (including phenoxy) is 1. The maximum absolute atomic E-state index is 11.9. The molecule has 0 bridgehead atoms. The SMILES string of the molecule is CN=C(NCCCOCC(F)(F)F)NCCSc1ccccc1. The van der Waals surface area contributed by atoms with Crippen LogP contribution < -0.4 is 10.6 Å². The lowest BCUT2D eigenvalue weighted by Crippen LogP contribution is -2.39. The van der Waals surface area contributed by atoms with E-state index in [-0.39, 0.29) is 6.61 Å². The standard InChI is InChI=1S/C15H22F3N3OS/c1-19-14(20-8-5-10-22-12-15(16,17)18)21-9-11-23-13-6-3-2-4-7-13/h2-4,6-7H,5,8-12H2,1H3,(H2,19,20,21). The number of guanidine groups is 1. The number of aliphatic imine (C=N–C) groups is 1. The van der Waals surface area contributed by atoms with Crippen LogP contribution in [0.5, 0.6) is 0 Å². The van der Waals surface area contributed by atoms with Crippen LogP contribution in [0.4, 0.5) is 13.2 Å². The van der Waals surface area contributed by atoms with E-state index in [1.54, 1.807) is 18.8 Å². The zero-order chi connectivity index (χ0) is 17.0. The van der Waals surface area contributed by atoms with E-state index >= 15 is 0 Å². The van der Waals surface area contributed by atoms with Crippen molar-refractivity contribution in [2.24, 2.45) is 4.99 Å². The minimum Gasteiger partial charge on any atom is -0.372 e. The van der Waals surface area contributed by atoms with Crippen LogP contribution in [-0.2, 0) is 4.74 Å². The number of alkyl halides is 3. The maximum atomic E-state index is 11.9. The number of nitrogens with one attached hydrogen (secondary N) is 2. The van der Waals surface area contributed by atoms with Crippen LogP contribution in [0, 0.1) is 0 Å². The Morgan fingerprint density at radius 3 is 2.52 bits per heavy atom. The molecule has 1 aromatic rings. The van der Waals surface area contributed by atoms with E-state index in [0.29, 0.717) is 18.9 Å². The molecule has 0 fully saturated rings. The number of benzene rings is 1. The molecule has 1 aromatic carbocycles.